The fraction of sp³-hybridized carbons (Fsp3) is 0.259. The Balaban J connectivity index is 1.80. The first-order valence-corrected chi connectivity index (χ1v) is 11.5. The number of anilines is 1. The minimum absolute atomic E-state index is 0.0425. The van der Waals surface area contributed by atoms with Crippen molar-refractivity contribution in [3.63, 3.8) is 0 Å². The molecule has 3 aromatic carbocycles. The molecule has 6 heteroatoms. The molecule has 0 bridgehead atoms. The molecular formula is C27H29NO4S. The third kappa shape index (κ3) is 7.12. The molecule has 0 spiro atoms. The summed E-state index contributed by atoms with van der Waals surface area (Å²) in [6, 6.07) is 23.0. The molecule has 3 rings (SSSR count). The number of ether oxygens (including phenoxy) is 2. The van der Waals surface area contributed by atoms with Crippen molar-refractivity contribution >= 4 is 29.3 Å². The van der Waals surface area contributed by atoms with Crippen molar-refractivity contribution < 1.29 is 19.1 Å². The molecule has 0 heterocycles. The number of esters is 1. The summed E-state index contributed by atoms with van der Waals surface area (Å²) in [7, 11) is 1.72. The van der Waals surface area contributed by atoms with Crippen LogP contribution in [0.1, 0.15) is 43.6 Å². The zero-order valence-corrected chi connectivity index (χ0v) is 20.4. The second-order valence-corrected chi connectivity index (χ2v) is 9.74. The summed E-state index contributed by atoms with van der Waals surface area (Å²) in [4.78, 5) is 28.1. The lowest BCUT2D eigenvalue weighted by Crippen LogP contribution is -2.24. The predicted molar refractivity (Wildman–Crippen MR) is 132 cm³/mol. The highest BCUT2D eigenvalue weighted by Gasteiger charge is 2.21. The van der Waals surface area contributed by atoms with E-state index in [9.17, 15) is 9.59 Å². The molecule has 172 valence electrons. The zero-order chi connectivity index (χ0) is 24.0. The Morgan fingerprint density at radius 3 is 2.18 bits per heavy atom. The maximum absolute atomic E-state index is 13.0. The second kappa shape index (κ2) is 10.6. The van der Waals surface area contributed by atoms with Gasteiger partial charge in [-0.3, -0.25) is 4.79 Å². The summed E-state index contributed by atoms with van der Waals surface area (Å²) < 4.78 is 11.6. The molecule has 0 saturated carbocycles. The highest BCUT2D eigenvalue weighted by atomic mass is 32.2. The van der Waals surface area contributed by atoms with E-state index >= 15 is 0 Å². The molecule has 0 atom stereocenters. The van der Waals surface area contributed by atoms with Gasteiger partial charge in [-0.2, -0.15) is 0 Å². The highest BCUT2D eigenvalue weighted by Crippen LogP contribution is 2.30. The molecule has 0 aromatic heterocycles. The van der Waals surface area contributed by atoms with Crippen molar-refractivity contribution in [2.24, 2.45) is 0 Å². The summed E-state index contributed by atoms with van der Waals surface area (Å²) in [5.41, 5.74) is 1.41. The van der Waals surface area contributed by atoms with Crippen molar-refractivity contribution in [2.75, 3.05) is 11.9 Å². The maximum atomic E-state index is 13.0. The summed E-state index contributed by atoms with van der Waals surface area (Å²) in [5.74, 6) is 0.225. The summed E-state index contributed by atoms with van der Waals surface area (Å²) >= 11 is 1.59. The van der Waals surface area contributed by atoms with Crippen LogP contribution in [0.15, 0.2) is 82.6 Å². The van der Waals surface area contributed by atoms with Gasteiger partial charge in [0.05, 0.1) is 5.56 Å². The van der Waals surface area contributed by atoms with E-state index in [1.165, 1.54) is 6.92 Å². The first-order chi connectivity index (χ1) is 15.6. The van der Waals surface area contributed by atoms with Crippen LogP contribution < -0.4 is 9.64 Å². The van der Waals surface area contributed by atoms with E-state index in [2.05, 4.69) is 0 Å². The molecule has 0 saturated heterocycles. The van der Waals surface area contributed by atoms with Gasteiger partial charge in [-0.15, -0.1) is 0 Å². The van der Waals surface area contributed by atoms with Gasteiger partial charge in [0.15, 0.2) is 0 Å². The lowest BCUT2D eigenvalue weighted by molar-refractivity contribution is -0.116. The van der Waals surface area contributed by atoms with Crippen LogP contribution in [0.3, 0.4) is 0 Å². The van der Waals surface area contributed by atoms with E-state index in [1.54, 1.807) is 23.7 Å². The van der Waals surface area contributed by atoms with Gasteiger partial charge in [-0.05, 0) is 69.3 Å². The zero-order valence-electron chi connectivity index (χ0n) is 19.6. The van der Waals surface area contributed by atoms with E-state index in [4.69, 9.17) is 9.47 Å². The van der Waals surface area contributed by atoms with Gasteiger partial charge in [-0.25, -0.2) is 4.79 Å². The Hall–Kier alpha value is -3.25. The van der Waals surface area contributed by atoms with Crippen molar-refractivity contribution in [1.29, 1.82) is 0 Å². The summed E-state index contributed by atoms with van der Waals surface area (Å²) in [6.07, 6.45) is 0. The Labute approximate surface area is 199 Å². The Kier molecular flexibility index (Phi) is 7.82. The van der Waals surface area contributed by atoms with Gasteiger partial charge < -0.3 is 14.4 Å². The van der Waals surface area contributed by atoms with Crippen LogP contribution in [0.2, 0.25) is 0 Å². The fourth-order valence-corrected chi connectivity index (χ4v) is 3.88. The Bertz CT molecular complexity index is 1110. The lowest BCUT2D eigenvalue weighted by atomic mass is 10.1. The van der Waals surface area contributed by atoms with Crippen molar-refractivity contribution in [3.8, 4) is 5.75 Å². The Morgan fingerprint density at radius 2 is 1.58 bits per heavy atom. The van der Waals surface area contributed by atoms with E-state index in [1.807, 2.05) is 93.6 Å². The molecule has 0 radical (unpaired) electrons. The molecule has 3 aromatic rings. The van der Waals surface area contributed by atoms with Gasteiger partial charge in [0.25, 0.3) is 0 Å². The average Bonchev–Trinajstić information content (AvgIpc) is 2.77. The number of hydrogen-bond donors (Lipinski definition) is 0. The first-order valence-electron chi connectivity index (χ1n) is 10.7. The number of benzene rings is 3. The third-order valence-electron chi connectivity index (χ3n) is 4.77. The lowest BCUT2D eigenvalue weighted by Gasteiger charge is -2.21. The molecule has 0 unspecified atom stereocenters. The van der Waals surface area contributed by atoms with Gasteiger partial charge in [0.1, 0.15) is 18.0 Å². The molecule has 1 amide bonds. The standard InChI is InChI=1S/C27H29NO4S/c1-19(29)28(5)21-12-14-22(15-13-21)31-18-20-11-16-24(33-23-9-7-6-8-10-23)17-25(20)26(30)32-27(2,3)4/h6-17H,18H2,1-5H3. The molecule has 0 aliphatic rings. The van der Waals surface area contributed by atoms with Gasteiger partial charge in [0.2, 0.25) is 5.91 Å². The topological polar surface area (TPSA) is 55.8 Å². The number of hydrogen-bond acceptors (Lipinski definition) is 5. The number of carbonyl (C=O) groups excluding carboxylic acids is 2. The van der Waals surface area contributed by atoms with Crippen LogP contribution in [0.5, 0.6) is 5.75 Å². The van der Waals surface area contributed by atoms with E-state index in [0.717, 1.165) is 21.0 Å². The first kappa shape index (κ1) is 24.4. The molecule has 0 N–H and O–H groups in total. The Morgan fingerprint density at radius 1 is 0.909 bits per heavy atom. The monoisotopic (exact) mass is 463 g/mol. The molecule has 0 fully saturated rings. The molecular weight excluding hydrogens is 434 g/mol. The second-order valence-electron chi connectivity index (χ2n) is 8.60. The SMILES string of the molecule is CC(=O)N(C)c1ccc(OCc2ccc(Sc3ccccc3)cc2C(=O)OC(C)(C)C)cc1. The van der Waals surface area contributed by atoms with E-state index in [-0.39, 0.29) is 18.5 Å². The normalized spacial score (nSPS) is 11.1. The minimum atomic E-state index is -0.601. The van der Waals surface area contributed by atoms with Crippen LogP contribution in [-0.4, -0.2) is 24.5 Å². The molecule has 33 heavy (non-hydrogen) atoms. The largest absolute Gasteiger partial charge is 0.489 e. The van der Waals surface area contributed by atoms with Crippen LogP contribution in [0.4, 0.5) is 5.69 Å². The fourth-order valence-electron chi connectivity index (χ4n) is 3.00. The van der Waals surface area contributed by atoms with Gasteiger partial charge >= 0.3 is 5.97 Å². The quantitative estimate of drug-likeness (QED) is 0.382. The molecule has 0 aliphatic heterocycles. The van der Waals surface area contributed by atoms with Gasteiger partial charge in [0, 0.05) is 35.0 Å². The van der Waals surface area contributed by atoms with Crippen molar-refractivity contribution in [2.45, 2.75) is 49.7 Å². The van der Waals surface area contributed by atoms with E-state index < -0.39 is 5.60 Å². The molecule has 0 aliphatic carbocycles. The number of nitrogens with zero attached hydrogens (tertiary/aromatic N) is 1. The van der Waals surface area contributed by atoms with Crippen LogP contribution in [-0.2, 0) is 16.1 Å². The average molecular weight is 464 g/mol. The number of amides is 1. The number of carbonyl (C=O) groups is 2. The predicted octanol–water partition coefficient (Wildman–Crippen LogP) is 6.35. The van der Waals surface area contributed by atoms with Crippen LogP contribution >= 0.6 is 11.8 Å². The molecule has 5 nitrogen and oxygen atoms in total. The maximum Gasteiger partial charge on any atom is 0.339 e. The minimum Gasteiger partial charge on any atom is -0.489 e. The van der Waals surface area contributed by atoms with Crippen molar-refractivity contribution in [3.05, 3.63) is 83.9 Å². The highest BCUT2D eigenvalue weighted by molar-refractivity contribution is 7.99. The smallest absolute Gasteiger partial charge is 0.339 e. The van der Waals surface area contributed by atoms with E-state index in [0.29, 0.717) is 11.3 Å². The third-order valence-corrected chi connectivity index (χ3v) is 5.77. The summed E-state index contributed by atoms with van der Waals surface area (Å²) in [5, 5.41) is 0. The number of rotatable bonds is 7. The van der Waals surface area contributed by atoms with Crippen molar-refractivity contribution in [1.82, 2.24) is 0 Å². The van der Waals surface area contributed by atoms with Gasteiger partial charge in [-0.1, -0.05) is 36.0 Å². The van der Waals surface area contributed by atoms with Crippen LogP contribution in [0, 0.1) is 0 Å². The van der Waals surface area contributed by atoms with Crippen LogP contribution in [0.25, 0.3) is 0 Å². The summed E-state index contributed by atoms with van der Waals surface area (Å²) in [6.45, 7) is 7.28.